The van der Waals surface area contributed by atoms with Crippen LogP contribution in [0.4, 0.5) is 0 Å². The molecule has 0 spiro atoms. The lowest BCUT2D eigenvalue weighted by Gasteiger charge is -2.21. The first-order valence-corrected chi connectivity index (χ1v) is 38.8. The topological polar surface area (TPSA) is 237 Å². The van der Waals surface area contributed by atoms with Gasteiger partial charge in [0, 0.05) is 25.7 Å². The van der Waals surface area contributed by atoms with Crippen molar-refractivity contribution >= 4 is 39.5 Å². The summed E-state index contributed by atoms with van der Waals surface area (Å²) in [6.45, 7) is 4.58. The van der Waals surface area contributed by atoms with Gasteiger partial charge >= 0.3 is 39.5 Å². The van der Waals surface area contributed by atoms with Crippen LogP contribution in [0.25, 0.3) is 0 Å². The standard InChI is InChI=1S/C73H128O17P2/c1-5-9-13-17-21-25-29-32-33-36-39-42-46-50-54-58-71(76)84-63-68(89-72(77)59-55-51-47-43-37-28-24-20-16-12-8-4)65-87-91(79,80)85-61-67(74)62-86-92(81,82)88-66-69(90-73(78)60-56-52-48-44-40-35-31-27-23-19-15-11-7-3)64-83-70(75)57-53-49-45-41-38-34-30-26-22-18-14-10-6-2/h9,13-14,18,20-21,24-27,30-33,67-69,74H,5-8,10-12,15-17,19,22-23,28-29,34-66H2,1-4H3,(H,79,80)(H,81,82)/b13-9-,18-14-,24-20-,25-21-,30-26-,31-27-,33-32-. The van der Waals surface area contributed by atoms with Crippen molar-refractivity contribution < 1.29 is 80.2 Å². The molecule has 92 heavy (non-hydrogen) atoms. The fraction of sp³-hybridized carbons (Fsp3) is 0.753. The zero-order valence-electron chi connectivity index (χ0n) is 57.7. The first-order chi connectivity index (χ1) is 44.7. The quantitative estimate of drug-likeness (QED) is 0.0169. The van der Waals surface area contributed by atoms with Crippen LogP contribution in [0.3, 0.4) is 0 Å². The lowest BCUT2D eigenvalue weighted by atomic mass is 10.1. The lowest BCUT2D eigenvalue weighted by molar-refractivity contribution is -0.161. The minimum absolute atomic E-state index is 0.0809. The molecule has 0 fully saturated rings. The highest BCUT2D eigenvalue weighted by atomic mass is 31.2. The number of phosphoric ester groups is 2. The molecule has 5 atom stereocenters. The Morgan fingerprint density at radius 3 is 0.957 bits per heavy atom. The van der Waals surface area contributed by atoms with E-state index in [0.29, 0.717) is 25.7 Å². The highest BCUT2D eigenvalue weighted by molar-refractivity contribution is 7.47. The second-order valence-corrected chi connectivity index (χ2v) is 26.7. The smallest absolute Gasteiger partial charge is 0.462 e. The van der Waals surface area contributed by atoms with Crippen LogP contribution in [0.5, 0.6) is 0 Å². The number of hydrogen-bond donors (Lipinski definition) is 3. The summed E-state index contributed by atoms with van der Waals surface area (Å²) in [5.41, 5.74) is 0. The van der Waals surface area contributed by atoms with E-state index < -0.39 is 97.5 Å². The average Bonchev–Trinajstić information content (AvgIpc) is 2.24. The normalized spacial score (nSPS) is 14.6. The van der Waals surface area contributed by atoms with E-state index in [1.54, 1.807) is 0 Å². The van der Waals surface area contributed by atoms with Crippen molar-refractivity contribution in [3.63, 3.8) is 0 Å². The number of esters is 4. The highest BCUT2D eigenvalue weighted by Gasteiger charge is 2.30. The summed E-state index contributed by atoms with van der Waals surface area (Å²) in [6.07, 6.45) is 64.5. The molecule has 0 amide bonds. The van der Waals surface area contributed by atoms with Crippen molar-refractivity contribution in [2.75, 3.05) is 39.6 Å². The molecule has 0 aliphatic rings. The summed E-state index contributed by atoms with van der Waals surface area (Å²) < 4.78 is 68.2. The van der Waals surface area contributed by atoms with Gasteiger partial charge in [-0.05, 0) is 128 Å². The summed E-state index contributed by atoms with van der Waals surface area (Å²) in [5, 5.41) is 10.6. The zero-order valence-corrected chi connectivity index (χ0v) is 59.5. The molecule has 5 unspecified atom stereocenters. The minimum atomic E-state index is -4.97. The van der Waals surface area contributed by atoms with Gasteiger partial charge < -0.3 is 33.8 Å². The predicted octanol–water partition coefficient (Wildman–Crippen LogP) is 19.9. The van der Waals surface area contributed by atoms with Gasteiger partial charge in [0.25, 0.3) is 0 Å². The molecule has 0 aliphatic heterocycles. The van der Waals surface area contributed by atoms with Crippen LogP contribution in [0.15, 0.2) is 85.1 Å². The third-order valence-corrected chi connectivity index (χ3v) is 16.7. The number of rotatable bonds is 67. The van der Waals surface area contributed by atoms with Gasteiger partial charge in [-0.15, -0.1) is 0 Å². The van der Waals surface area contributed by atoms with Gasteiger partial charge in [-0.1, -0.05) is 228 Å². The Labute approximate surface area is 557 Å². The summed E-state index contributed by atoms with van der Waals surface area (Å²) in [5.74, 6) is -2.22. The Balaban J connectivity index is 5.33. The molecule has 0 radical (unpaired) electrons. The maximum absolute atomic E-state index is 13.0. The Morgan fingerprint density at radius 1 is 0.315 bits per heavy atom. The van der Waals surface area contributed by atoms with Gasteiger partial charge in [-0.3, -0.25) is 37.3 Å². The van der Waals surface area contributed by atoms with Crippen molar-refractivity contribution in [3.05, 3.63) is 85.1 Å². The van der Waals surface area contributed by atoms with Crippen LogP contribution in [0.2, 0.25) is 0 Å². The van der Waals surface area contributed by atoms with Crippen molar-refractivity contribution in [1.82, 2.24) is 0 Å². The number of allylic oxidation sites excluding steroid dienone is 14. The Hall–Kier alpha value is -3.76. The molecule has 19 heteroatoms. The summed E-state index contributed by atoms with van der Waals surface area (Å²) in [7, 11) is -9.94. The first-order valence-electron chi connectivity index (χ1n) is 35.8. The maximum atomic E-state index is 13.0. The van der Waals surface area contributed by atoms with E-state index in [2.05, 4.69) is 113 Å². The molecular formula is C73H128O17P2. The molecule has 0 saturated carbocycles. The van der Waals surface area contributed by atoms with E-state index in [1.165, 1.54) is 38.5 Å². The molecular weight excluding hydrogens is 1210 g/mol. The Bertz CT molecular complexity index is 2090. The van der Waals surface area contributed by atoms with Gasteiger partial charge in [0.1, 0.15) is 19.3 Å². The van der Waals surface area contributed by atoms with Crippen LogP contribution in [0.1, 0.15) is 297 Å². The lowest BCUT2D eigenvalue weighted by Crippen LogP contribution is -2.30. The number of ether oxygens (including phenoxy) is 4. The predicted molar refractivity (Wildman–Crippen MR) is 372 cm³/mol. The van der Waals surface area contributed by atoms with E-state index in [1.807, 2.05) is 0 Å². The largest absolute Gasteiger partial charge is 0.472 e. The number of aliphatic hydroxyl groups excluding tert-OH is 1. The number of aliphatic hydroxyl groups is 1. The van der Waals surface area contributed by atoms with Crippen molar-refractivity contribution in [3.8, 4) is 0 Å². The molecule has 0 aliphatic carbocycles. The number of carbonyl (C=O) groups is 4. The molecule has 0 aromatic rings. The SMILES string of the molecule is CC/C=C\C/C=C\C/C=C\CCCCCCCC(=O)OCC(COP(=O)(O)OCC(O)COP(=O)(O)OCC(COC(=O)CCCCCCC/C=C\C/C=C\CCC)OC(=O)CCCCCCC/C=C\CCCCCC)OC(=O)CCCCCCC/C=C\CCCC. The van der Waals surface area contributed by atoms with E-state index in [0.717, 1.165) is 180 Å². The second-order valence-electron chi connectivity index (χ2n) is 23.8. The van der Waals surface area contributed by atoms with Crippen LogP contribution < -0.4 is 0 Å². The summed E-state index contributed by atoms with van der Waals surface area (Å²) in [4.78, 5) is 72.6. The third-order valence-electron chi connectivity index (χ3n) is 14.8. The van der Waals surface area contributed by atoms with E-state index in [9.17, 15) is 43.2 Å². The van der Waals surface area contributed by atoms with E-state index in [-0.39, 0.29) is 25.7 Å². The number of hydrogen-bond acceptors (Lipinski definition) is 15. The van der Waals surface area contributed by atoms with Crippen molar-refractivity contribution in [1.29, 1.82) is 0 Å². The van der Waals surface area contributed by atoms with Crippen LogP contribution in [-0.4, -0.2) is 96.7 Å². The van der Waals surface area contributed by atoms with Crippen LogP contribution in [0, 0.1) is 0 Å². The molecule has 0 aromatic carbocycles. The number of carbonyl (C=O) groups excluding carboxylic acids is 4. The number of unbranched alkanes of at least 4 members (excludes halogenated alkanes) is 27. The summed E-state index contributed by atoms with van der Waals surface area (Å²) in [6, 6.07) is 0. The zero-order chi connectivity index (χ0) is 67.5. The molecule has 0 saturated heterocycles. The van der Waals surface area contributed by atoms with Gasteiger partial charge in [-0.25, -0.2) is 9.13 Å². The van der Waals surface area contributed by atoms with Crippen LogP contribution >= 0.6 is 15.6 Å². The van der Waals surface area contributed by atoms with Gasteiger partial charge in [0.15, 0.2) is 12.2 Å². The van der Waals surface area contributed by atoms with Crippen molar-refractivity contribution in [2.24, 2.45) is 0 Å². The van der Waals surface area contributed by atoms with E-state index >= 15 is 0 Å². The molecule has 0 aromatic heterocycles. The van der Waals surface area contributed by atoms with Crippen LogP contribution in [-0.2, 0) is 65.4 Å². The maximum Gasteiger partial charge on any atom is 0.472 e. The van der Waals surface area contributed by atoms with Crippen molar-refractivity contribution in [2.45, 2.75) is 316 Å². The Kier molecular flexibility index (Phi) is 63.2. The number of phosphoric acid groups is 2. The molecule has 0 heterocycles. The summed E-state index contributed by atoms with van der Waals surface area (Å²) >= 11 is 0. The first kappa shape index (κ1) is 88.2. The molecule has 0 bridgehead atoms. The third kappa shape index (κ3) is 64.9. The monoisotopic (exact) mass is 1340 g/mol. The fourth-order valence-electron chi connectivity index (χ4n) is 9.31. The molecule has 17 nitrogen and oxygen atoms in total. The molecule has 532 valence electrons. The molecule has 3 N–H and O–H groups in total. The average molecular weight is 1340 g/mol. The van der Waals surface area contributed by atoms with Gasteiger partial charge in [0.2, 0.25) is 0 Å². The van der Waals surface area contributed by atoms with E-state index in [4.69, 9.17) is 37.0 Å². The Morgan fingerprint density at radius 2 is 0.598 bits per heavy atom. The minimum Gasteiger partial charge on any atom is -0.462 e. The fourth-order valence-corrected chi connectivity index (χ4v) is 10.9. The highest BCUT2D eigenvalue weighted by Crippen LogP contribution is 2.45. The van der Waals surface area contributed by atoms with Gasteiger partial charge in [0.05, 0.1) is 26.4 Å². The molecule has 0 rings (SSSR count). The van der Waals surface area contributed by atoms with Gasteiger partial charge in [-0.2, -0.15) is 0 Å². The second kappa shape index (κ2) is 65.9.